The van der Waals surface area contributed by atoms with Crippen molar-refractivity contribution in [2.24, 2.45) is 0 Å². The zero-order chi connectivity index (χ0) is 19.5. The Bertz CT molecular complexity index is 857. The molecule has 2 aliphatic rings. The summed E-state index contributed by atoms with van der Waals surface area (Å²) < 4.78 is 5.59. The standard InChI is InChI=1S/C23H29N3O2/c1-17-3-4-18(2)21(13-17)24-23(27)16-26-10-8-25(9-11-26)15-19-5-6-22-20(14-19)7-12-28-22/h3-6,13-14H,7-12,15-16H2,1-2H3,(H,24,27). The van der Waals surface area contributed by atoms with Crippen molar-refractivity contribution < 1.29 is 9.53 Å². The number of rotatable bonds is 5. The molecular formula is C23H29N3O2. The fraction of sp³-hybridized carbons (Fsp3) is 0.435. The van der Waals surface area contributed by atoms with E-state index in [0.29, 0.717) is 6.54 Å². The molecule has 1 fully saturated rings. The van der Waals surface area contributed by atoms with Gasteiger partial charge in [-0.3, -0.25) is 14.6 Å². The van der Waals surface area contributed by atoms with Crippen LogP contribution in [-0.2, 0) is 17.8 Å². The van der Waals surface area contributed by atoms with E-state index in [-0.39, 0.29) is 5.91 Å². The van der Waals surface area contributed by atoms with Crippen LogP contribution in [0.4, 0.5) is 5.69 Å². The fourth-order valence-corrected chi connectivity index (χ4v) is 3.97. The number of hydrogen-bond acceptors (Lipinski definition) is 4. The molecule has 2 aromatic rings. The Kier molecular flexibility index (Phi) is 5.64. The van der Waals surface area contributed by atoms with E-state index in [1.54, 1.807) is 0 Å². The molecule has 5 nitrogen and oxygen atoms in total. The van der Waals surface area contributed by atoms with Crippen molar-refractivity contribution in [1.29, 1.82) is 0 Å². The quantitative estimate of drug-likeness (QED) is 0.868. The van der Waals surface area contributed by atoms with Gasteiger partial charge in [0.15, 0.2) is 0 Å². The number of fused-ring (bicyclic) bond motifs is 1. The van der Waals surface area contributed by atoms with Crippen molar-refractivity contribution in [3.63, 3.8) is 0 Å². The molecule has 0 atom stereocenters. The number of carbonyl (C=O) groups excluding carboxylic acids is 1. The Hall–Kier alpha value is -2.37. The second kappa shape index (κ2) is 8.33. The largest absolute Gasteiger partial charge is 0.493 e. The van der Waals surface area contributed by atoms with Gasteiger partial charge in [-0.1, -0.05) is 24.3 Å². The van der Waals surface area contributed by atoms with Crippen LogP contribution in [0.1, 0.15) is 22.3 Å². The number of aryl methyl sites for hydroxylation is 2. The molecule has 2 heterocycles. The lowest BCUT2D eigenvalue weighted by Crippen LogP contribution is -2.48. The summed E-state index contributed by atoms with van der Waals surface area (Å²) in [6, 6.07) is 12.7. The molecule has 0 saturated carbocycles. The summed E-state index contributed by atoms with van der Waals surface area (Å²) in [5.41, 5.74) is 5.87. The number of amides is 1. The maximum Gasteiger partial charge on any atom is 0.238 e. The number of nitrogens with zero attached hydrogens (tertiary/aromatic N) is 2. The van der Waals surface area contributed by atoms with Crippen LogP contribution in [0.3, 0.4) is 0 Å². The highest BCUT2D eigenvalue weighted by Crippen LogP contribution is 2.26. The van der Waals surface area contributed by atoms with Crippen LogP contribution >= 0.6 is 0 Å². The highest BCUT2D eigenvalue weighted by Gasteiger charge is 2.20. The molecule has 1 saturated heterocycles. The maximum absolute atomic E-state index is 12.4. The van der Waals surface area contributed by atoms with Gasteiger partial charge in [0, 0.05) is 44.8 Å². The van der Waals surface area contributed by atoms with Crippen LogP contribution in [0, 0.1) is 13.8 Å². The molecule has 1 N–H and O–H groups in total. The van der Waals surface area contributed by atoms with Gasteiger partial charge >= 0.3 is 0 Å². The van der Waals surface area contributed by atoms with Crippen LogP contribution < -0.4 is 10.1 Å². The first kappa shape index (κ1) is 19.0. The van der Waals surface area contributed by atoms with E-state index in [4.69, 9.17) is 4.74 Å². The summed E-state index contributed by atoms with van der Waals surface area (Å²) in [7, 11) is 0. The van der Waals surface area contributed by atoms with E-state index in [9.17, 15) is 4.79 Å². The number of anilines is 1. The SMILES string of the molecule is Cc1ccc(C)c(NC(=O)CN2CCN(Cc3ccc4c(c3)CCO4)CC2)c1. The second-order valence-corrected chi connectivity index (χ2v) is 7.96. The van der Waals surface area contributed by atoms with Gasteiger partial charge in [0.25, 0.3) is 0 Å². The predicted molar refractivity (Wildman–Crippen MR) is 112 cm³/mol. The third kappa shape index (κ3) is 4.54. The number of piperazine rings is 1. The Morgan fingerprint density at radius 3 is 2.64 bits per heavy atom. The van der Waals surface area contributed by atoms with Crippen molar-refractivity contribution in [3.05, 3.63) is 58.7 Å². The van der Waals surface area contributed by atoms with Gasteiger partial charge in [0.2, 0.25) is 5.91 Å². The van der Waals surface area contributed by atoms with Gasteiger partial charge in [-0.15, -0.1) is 0 Å². The highest BCUT2D eigenvalue weighted by molar-refractivity contribution is 5.93. The number of carbonyl (C=O) groups is 1. The third-order valence-electron chi connectivity index (χ3n) is 5.66. The first-order valence-corrected chi connectivity index (χ1v) is 10.1. The third-order valence-corrected chi connectivity index (χ3v) is 5.66. The van der Waals surface area contributed by atoms with Gasteiger partial charge in [-0.25, -0.2) is 0 Å². The second-order valence-electron chi connectivity index (χ2n) is 7.96. The van der Waals surface area contributed by atoms with Gasteiger partial charge in [-0.05, 0) is 48.2 Å². The lowest BCUT2D eigenvalue weighted by molar-refractivity contribution is -0.117. The molecule has 2 aromatic carbocycles. The summed E-state index contributed by atoms with van der Waals surface area (Å²) in [4.78, 5) is 17.2. The maximum atomic E-state index is 12.4. The normalized spacial score (nSPS) is 17.2. The van der Waals surface area contributed by atoms with Gasteiger partial charge in [0.1, 0.15) is 5.75 Å². The number of nitrogens with one attached hydrogen (secondary N) is 1. The summed E-state index contributed by atoms with van der Waals surface area (Å²) in [6.45, 7) is 10.1. The lowest BCUT2D eigenvalue weighted by Gasteiger charge is -2.34. The van der Waals surface area contributed by atoms with E-state index in [1.807, 2.05) is 19.9 Å². The topological polar surface area (TPSA) is 44.8 Å². The van der Waals surface area contributed by atoms with Crippen LogP contribution in [0.5, 0.6) is 5.75 Å². The van der Waals surface area contributed by atoms with E-state index in [1.165, 1.54) is 11.1 Å². The first-order valence-electron chi connectivity index (χ1n) is 10.1. The Labute approximate surface area is 167 Å². The van der Waals surface area contributed by atoms with Crippen molar-refractivity contribution in [2.75, 3.05) is 44.6 Å². The van der Waals surface area contributed by atoms with Crippen LogP contribution in [0.15, 0.2) is 36.4 Å². The van der Waals surface area contributed by atoms with E-state index < -0.39 is 0 Å². The average molecular weight is 380 g/mol. The zero-order valence-corrected chi connectivity index (χ0v) is 16.8. The Morgan fingerprint density at radius 1 is 1.04 bits per heavy atom. The summed E-state index contributed by atoms with van der Waals surface area (Å²) in [5.74, 6) is 1.12. The number of hydrogen-bond donors (Lipinski definition) is 1. The highest BCUT2D eigenvalue weighted by atomic mass is 16.5. The molecule has 28 heavy (non-hydrogen) atoms. The van der Waals surface area contributed by atoms with Crippen LogP contribution in [0.2, 0.25) is 0 Å². The Balaban J connectivity index is 1.25. The predicted octanol–water partition coefficient (Wildman–Crippen LogP) is 2.99. The smallest absolute Gasteiger partial charge is 0.238 e. The lowest BCUT2D eigenvalue weighted by atomic mass is 10.1. The molecule has 0 spiro atoms. The van der Waals surface area contributed by atoms with E-state index >= 15 is 0 Å². The number of benzene rings is 2. The van der Waals surface area contributed by atoms with Crippen LogP contribution in [-0.4, -0.2) is 55.0 Å². The molecule has 1 amide bonds. The molecule has 148 valence electrons. The molecule has 0 aliphatic carbocycles. The number of ether oxygens (including phenoxy) is 1. The van der Waals surface area contributed by atoms with Crippen LogP contribution in [0.25, 0.3) is 0 Å². The van der Waals surface area contributed by atoms with Crippen molar-refractivity contribution in [3.8, 4) is 5.75 Å². The van der Waals surface area contributed by atoms with Crippen molar-refractivity contribution in [2.45, 2.75) is 26.8 Å². The average Bonchev–Trinajstić information content (AvgIpc) is 3.14. The summed E-state index contributed by atoms with van der Waals surface area (Å²) >= 11 is 0. The van der Waals surface area contributed by atoms with Crippen molar-refractivity contribution in [1.82, 2.24) is 9.80 Å². The van der Waals surface area contributed by atoms with Gasteiger partial charge < -0.3 is 10.1 Å². The molecule has 0 aromatic heterocycles. The van der Waals surface area contributed by atoms with E-state index in [2.05, 4.69) is 45.4 Å². The first-order chi connectivity index (χ1) is 13.6. The van der Waals surface area contributed by atoms with Gasteiger partial charge in [0.05, 0.1) is 13.2 Å². The van der Waals surface area contributed by atoms with E-state index in [0.717, 1.165) is 68.3 Å². The molecule has 0 unspecified atom stereocenters. The molecule has 0 bridgehead atoms. The Morgan fingerprint density at radius 2 is 1.82 bits per heavy atom. The summed E-state index contributed by atoms with van der Waals surface area (Å²) in [5, 5.41) is 3.07. The van der Waals surface area contributed by atoms with Crippen molar-refractivity contribution >= 4 is 11.6 Å². The monoisotopic (exact) mass is 379 g/mol. The molecule has 2 aliphatic heterocycles. The minimum absolute atomic E-state index is 0.0702. The summed E-state index contributed by atoms with van der Waals surface area (Å²) in [6.07, 6.45) is 1.02. The fourth-order valence-electron chi connectivity index (χ4n) is 3.97. The molecule has 0 radical (unpaired) electrons. The molecule has 5 heteroatoms. The van der Waals surface area contributed by atoms with Gasteiger partial charge in [-0.2, -0.15) is 0 Å². The molecular weight excluding hydrogens is 350 g/mol. The minimum Gasteiger partial charge on any atom is -0.493 e. The zero-order valence-electron chi connectivity index (χ0n) is 16.8. The molecule has 4 rings (SSSR count). The minimum atomic E-state index is 0.0702.